The van der Waals surface area contributed by atoms with Crippen LogP contribution in [0.25, 0.3) is 33.5 Å². The van der Waals surface area contributed by atoms with Gasteiger partial charge in [0.05, 0.1) is 49.5 Å². The van der Waals surface area contributed by atoms with Gasteiger partial charge in [0.2, 0.25) is 0 Å². The summed E-state index contributed by atoms with van der Waals surface area (Å²) >= 11 is 6.36. The number of benzene rings is 2. The zero-order valence-corrected chi connectivity index (χ0v) is 49.9. The number of aromatic nitrogens is 6. The minimum Gasteiger partial charge on any atom is -0.399 e. The van der Waals surface area contributed by atoms with Gasteiger partial charge in [-0.3, -0.25) is 0 Å². The summed E-state index contributed by atoms with van der Waals surface area (Å²) in [5.41, 5.74) is 8.12. The Kier molecular flexibility index (Phi) is 19.9. The molecule has 5 fully saturated rings. The second-order valence-corrected chi connectivity index (χ2v) is 23.3. The molecule has 0 saturated carbocycles. The molecule has 24 heteroatoms. The predicted octanol–water partition coefficient (Wildman–Crippen LogP) is 11.8. The summed E-state index contributed by atoms with van der Waals surface area (Å²) in [4.78, 5) is 43.0. The van der Waals surface area contributed by atoms with Crippen molar-refractivity contribution in [2.45, 2.75) is 105 Å². The molecule has 2 atom stereocenters. The highest BCUT2D eigenvalue weighted by molar-refractivity contribution is 6.62. The van der Waals surface area contributed by atoms with Gasteiger partial charge in [-0.25, -0.2) is 28.9 Å². The number of alkyl halides is 4. The summed E-state index contributed by atoms with van der Waals surface area (Å²) in [6.07, 6.45) is 9.62. The van der Waals surface area contributed by atoms with Crippen molar-refractivity contribution in [3.8, 4) is 33.5 Å². The summed E-state index contributed by atoms with van der Waals surface area (Å²) in [5.74, 6) is 2.78. The molecule has 0 radical (unpaired) electrons. The van der Waals surface area contributed by atoms with Crippen LogP contribution in [0, 0.1) is 25.7 Å². The van der Waals surface area contributed by atoms with Crippen molar-refractivity contribution in [2.24, 2.45) is 11.8 Å². The topological polar surface area (TPSA) is 169 Å². The Hall–Kier alpha value is -6.79. The monoisotopic (exact) mass is 1180 g/mol. The van der Waals surface area contributed by atoms with E-state index in [-0.39, 0.29) is 12.1 Å². The van der Waals surface area contributed by atoms with E-state index in [2.05, 4.69) is 62.5 Å². The molecule has 5 saturated heterocycles. The molecule has 2 aromatic carbocycles. The summed E-state index contributed by atoms with van der Waals surface area (Å²) < 4.78 is 74.8. The molecule has 4 amide bonds. The highest BCUT2D eigenvalue weighted by Crippen LogP contribution is 2.38. The molecule has 6 aromatic rings. The minimum atomic E-state index is -2.72. The van der Waals surface area contributed by atoms with E-state index in [0.29, 0.717) is 88.3 Å². The number of carbonyl (C=O) groups excluding carboxylic acids is 2. The molecule has 0 unspecified atom stereocenters. The zero-order chi connectivity index (χ0) is 59.9. The predicted molar refractivity (Wildman–Crippen MR) is 320 cm³/mol. The Morgan fingerprint density at radius 3 is 1.55 bits per heavy atom. The van der Waals surface area contributed by atoms with Gasteiger partial charge in [0.1, 0.15) is 16.8 Å². The highest BCUT2D eigenvalue weighted by Gasteiger charge is 2.52. The number of morpholine rings is 2. The number of likely N-dealkylation sites (tertiary alicyclic amines) is 2. The van der Waals surface area contributed by atoms with Crippen LogP contribution in [0.3, 0.4) is 0 Å². The first kappa shape index (κ1) is 61.8. The van der Waals surface area contributed by atoms with E-state index in [1.165, 1.54) is 24.8 Å². The number of hydrogen-bond acceptors (Lipinski definition) is 12. The van der Waals surface area contributed by atoms with E-state index in [4.69, 9.17) is 35.4 Å². The number of ether oxygens (including phenoxy) is 2. The quantitative estimate of drug-likeness (QED) is 0.0677. The Morgan fingerprint density at radius 1 is 0.631 bits per heavy atom. The molecule has 18 nitrogen and oxygen atoms in total. The number of carbonyl (C=O) groups is 2. The van der Waals surface area contributed by atoms with Crippen LogP contribution in [-0.4, -0.2) is 148 Å². The third-order valence-electron chi connectivity index (χ3n) is 16.6. The molecule has 11 rings (SSSR count). The van der Waals surface area contributed by atoms with Crippen LogP contribution in [-0.2, 0) is 18.8 Å². The SMILES string of the molecule is CC1(C)OB(c2cnn(C(F)F)c2)OC1(C)C.CC[C@@H]1CCN(C(=O)Nc2ccc(C)c(-c3cc(-c4cnn(C(F)F)c4)nc(N4CCOCC4)c3)c2)C1.CC[C@@H]1CCN(C(=O)Nc2ccc(C)c(-c3cc(Cl)nc(N4CCOCC4)c3)c2)C1. The fourth-order valence-electron chi connectivity index (χ4n) is 10.6. The minimum absolute atomic E-state index is 0.0254. The molecule has 0 spiro atoms. The second-order valence-electron chi connectivity index (χ2n) is 22.9. The first-order valence-electron chi connectivity index (χ1n) is 28.9. The van der Waals surface area contributed by atoms with Crippen LogP contribution in [0.15, 0.2) is 85.5 Å². The van der Waals surface area contributed by atoms with Crippen molar-refractivity contribution in [3.63, 3.8) is 0 Å². The number of pyridine rings is 2. The van der Waals surface area contributed by atoms with Crippen LogP contribution in [0.4, 0.5) is 50.2 Å². The van der Waals surface area contributed by atoms with Gasteiger partial charge in [0.15, 0.2) is 0 Å². The normalized spacial score (nSPS) is 19.3. The number of nitrogens with one attached hydrogen (secondary N) is 2. The van der Waals surface area contributed by atoms with Crippen LogP contribution >= 0.6 is 11.6 Å². The molecule has 2 N–H and O–H groups in total. The third-order valence-corrected chi connectivity index (χ3v) is 16.8. The summed E-state index contributed by atoms with van der Waals surface area (Å²) in [6.45, 7) is 19.5. The van der Waals surface area contributed by atoms with Gasteiger partial charge in [-0.15, -0.1) is 0 Å². The maximum absolute atomic E-state index is 13.2. The molecule has 0 aliphatic carbocycles. The van der Waals surface area contributed by atoms with Gasteiger partial charge in [0, 0.05) is 93.3 Å². The number of anilines is 4. The molecule has 0 bridgehead atoms. The van der Waals surface area contributed by atoms with Gasteiger partial charge in [-0.2, -0.15) is 27.8 Å². The first-order chi connectivity index (χ1) is 40.2. The largest absolute Gasteiger partial charge is 0.498 e. The lowest BCUT2D eigenvalue weighted by atomic mass is 9.82. The number of hydrogen-bond donors (Lipinski definition) is 2. The van der Waals surface area contributed by atoms with Gasteiger partial charge in [0.25, 0.3) is 0 Å². The summed E-state index contributed by atoms with van der Waals surface area (Å²) in [7, 11) is -0.646. The van der Waals surface area contributed by atoms with Crippen LogP contribution in [0.5, 0.6) is 0 Å². The maximum atomic E-state index is 13.2. The van der Waals surface area contributed by atoms with E-state index in [0.717, 1.165) is 116 Å². The third kappa shape index (κ3) is 15.0. The molecular weight excluding hydrogens is 1110 g/mol. The number of aryl methyl sites for hydroxylation is 2. The number of halogens is 5. The first-order valence-corrected chi connectivity index (χ1v) is 29.2. The average molecular weight is 1180 g/mol. The van der Waals surface area contributed by atoms with E-state index in [9.17, 15) is 27.2 Å². The molecule has 4 aromatic heterocycles. The second kappa shape index (κ2) is 27.1. The lowest BCUT2D eigenvalue weighted by Crippen LogP contribution is -2.41. The van der Waals surface area contributed by atoms with Gasteiger partial charge >= 0.3 is 32.3 Å². The van der Waals surface area contributed by atoms with E-state index >= 15 is 0 Å². The van der Waals surface area contributed by atoms with E-state index in [1.54, 1.807) is 0 Å². The van der Waals surface area contributed by atoms with Crippen molar-refractivity contribution in [1.29, 1.82) is 0 Å². The Labute approximate surface area is 494 Å². The lowest BCUT2D eigenvalue weighted by molar-refractivity contribution is 0.00578. The van der Waals surface area contributed by atoms with Gasteiger partial charge in [-0.05, 0) is 148 Å². The molecule has 5 aliphatic heterocycles. The Bertz CT molecular complexity index is 3210. The van der Waals surface area contributed by atoms with Crippen molar-refractivity contribution in [3.05, 3.63) is 102 Å². The zero-order valence-electron chi connectivity index (χ0n) is 49.1. The van der Waals surface area contributed by atoms with Crippen LogP contribution in [0.2, 0.25) is 5.15 Å². The number of amides is 4. The van der Waals surface area contributed by atoms with Gasteiger partial charge in [-0.1, -0.05) is 50.4 Å². The van der Waals surface area contributed by atoms with Gasteiger partial charge < -0.3 is 49.0 Å². The van der Waals surface area contributed by atoms with Crippen LogP contribution < -0.4 is 25.9 Å². The van der Waals surface area contributed by atoms with E-state index < -0.39 is 31.4 Å². The lowest BCUT2D eigenvalue weighted by Gasteiger charge is -2.32. The van der Waals surface area contributed by atoms with Crippen molar-refractivity contribution in [2.75, 3.05) is 99.2 Å². The number of urea groups is 2. The number of rotatable bonds is 12. The molecule has 5 aliphatic rings. The molecule has 9 heterocycles. The average Bonchev–Trinajstić information content (AvgIpc) is 3.28. The van der Waals surface area contributed by atoms with E-state index in [1.807, 2.05) is 99.0 Å². The molecular formula is C60H76BClF4N12O6. The Balaban J connectivity index is 0.000000161. The van der Waals surface area contributed by atoms with Crippen molar-refractivity contribution in [1.82, 2.24) is 39.3 Å². The maximum Gasteiger partial charge on any atom is 0.498 e. The highest BCUT2D eigenvalue weighted by atomic mass is 35.5. The fraction of sp³-hybridized carbons (Fsp3) is 0.500. The number of nitrogens with zero attached hydrogens (tertiary/aromatic N) is 10. The standard InChI is InChI=1S/C27H32F2N6O2.C23H29ClN4O2.C10H15BF2N2O2/c1-3-19-6-7-34(16-19)27(36)31-22-5-4-18(2)23(14-22)20-12-24(21-15-30-35(17-21)26(28)29)32-25(13-20)33-8-10-37-11-9-33;1-3-17-6-7-28(15-17)23(29)25-19-5-4-16(2)20(14-19)18-12-21(24)26-22(13-18)27-8-10-30-11-9-27;1-9(2)10(3,4)17-11(16-9)7-5-14-15(6-7)8(12)13/h4-5,12-15,17,19,26H,3,6-11,16H2,1-2H3,(H,31,36);4-5,12-14,17H,3,6-11,15H2,1-2H3,(H,25,29);5-6,8H,1-4H3/t19-;17-;/m11./s1. The summed E-state index contributed by atoms with van der Waals surface area (Å²) in [5, 5.41) is 13.9. The Morgan fingerprint density at radius 2 is 1.10 bits per heavy atom. The fourth-order valence-corrected chi connectivity index (χ4v) is 10.8. The molecule has 84 heavy (non-hydrogen) atoms. The smallest absolute Gasteiger partial charge is 0.399 e. The van der Waals surface area contributed by atoms with Crippen molar-refractivity contribution < 1.29 is 45.9 Å². The van der Waals surface area contributed by atoms with Crippen molar-refractivity contribution >= 4 is 59.3 Å². The molecule has 450 valence electrons. The summed E-state index contributed by atoms with van der Waals surface area (Å²) in [6, 6.07) is 19.6. The van der Waals surface area contributed by atoms with Crippen LogP contribution in [0.1, 0.15) is 91.5 Å².